The van der Waals surface area contributed by atoms with Crippen molar-refractivity contribution < 1.29 is 0 Å². The second-order valence-electron chi connectivity index (χ2n) is 2.28. The molecule has 0 radical (unpaired) electrons. The van der Waals surface area contributed by atoms with E-state index in [0.717, 1.165) is 3.92 Å². The van der Waals surface area contributed by atoms with E-state index in [1.807, 2.05) is 0 Å². The highest BCUT2D eigenvalue weighted by Crippen LogP contribution is 2.20. The van der Waals surface area contributed by atoms with Crippen LogP contribution in [0.3, 0.4) is 0 Å². The molecule has 0 bridgehead atoms. The Labute approximate surface area is 70.2 Å². The molecule has 1 unspecified atom stereocenters. The molecule has 0 amide bonds. The van der Waals surface area contributed by atoms with Gasteiger partial charge in [-0.25, -0.2) is 0 Å². The van der Waals surface area contributed by atoms with Crippen LogP contribution in [0.2, 0.25) is 0 Å². The predicted octanol–water partition coefficient (Wildman–Crippen LogP) is 3.09. The van der Waals surface area contributed by atoms with Gasteiger partial charge < -0.3 is 0 Å². The molecule has 1 heteroatoms. The van der Waals surface area contributed by atoms with Gasteiger partial charge >= 0.3 is 0 Å². The van der Waals surface area contributed by atoms with Gasteiger partial charge in [-0.15, -0.1) is 0 Å². The Morgan fingerprint density at radius 3 is 3.00 bits per heavy atom. The van der Waals surface area contributed by atoms with Crippen LogP contribution in [-0.2, 0) is 0 Å². The summed E-state index contributed by atoms with van der Waals surface area (Å²) >= 11 is 2.47. The molecular formula is C8H11I. The fourth-order valence-electron chi connectivity index (χ4n) is 0.961. The first-order valence-electron chi connectivity index (χ1n) is 3.33. The number of allylic oxidation sites excluding steroid dienone is 4. The maximum absolute atomic E-state index is 2.47. The molecule has 0 spiro atoms. The van der Waals surface area contributed by atoms with Crippen LogP contribution in [0.5, 0.6) is 0 Å². The van der Waals surface area contributed by atoms with E-state index in [1.165, 1.54) is 12.8 Å². The van der Waals surface area contributed by atoms with Crippen LogP contribution in [0.1, 0.15) is 19.8 Å². The maximum Gasteiger partial charge on any atom is 0.0329 e. The minimum absolute atomic E-state index is 0.738. The third-order valence-corrected chi connectivity index (χ3v) is 2.42. The van der Waals surface area contributed by atoms with Gasteiger partial charge in [0, 0.05) is 3.92 Å². The zero-order chi connectivity index (χ0) is 6.69. The highest BCUT2D eigenvalue weighted by Gasteiger charge is 2.04. The number of hydrogen-bond donors (Lipinski definition) is 0. The third kappa shape index (κ3) is 2.12. The van der Waals surface area contributed by atoms with Crippen LogP contribution in [0, 0.1) is 0 Å². The predicted molar refractivity (Wildman–Crippen MR) is 49.9 cm³/mol. The first-order chi connectivity index (χ1) is 4.33. The Kier molecular flexibility index (Phi) is 2.76. The summed E-state index contributed by atoms with van der Waals surface area (Å²) in [5.74, 6) is 0. The molecule has 1 aliphatic rings. The van der Waals surface area contributed by atoms with E-state index in [2.05, 4.69) is 47.7 Å². The summed E-state index contributed by atoms with van der Waals surface area (Å²) in [6.45, 7) is 2.22. The zero-order valence-corrected chi connectivity index (χ0v) is 7.76. The fraction of sp³-hybridized carbons (Fsp3) is 0.500. The summed E-state index contributed by atoms with van der Waals surface area (Å²) in [4.78, 5) is 0. The van der Waals surface area contributed by atoms with Crippen molar-refractivity contribution in [3.05, 3.63) is 23.8 Å². The highest BCUT2D eigenvalue weighted by molar-refractivity contribution is 14.1. The topological polar surface area (TPSA) is 0 Å². The standard InChI is InChI=1S/C8H11I/c1-2-7-4-3-5-8(9)6-7/h3-5,8H,2,6H2,1H3. The molecule has 1 aliphatic carbocycles. The quantitative estimate of drug-likeness (QED) is 0.483. The van der Waals surface area contributed by atoms with Crippen molar-refractivity contribution in [2.24, 2.45) is 0 Å². The van der Waals surface area contributed by atoms with Crippen molar-refractivity contribution in [2.45, 2.75) is 23.7 Å². The Morgan fingerprint density at radius 2 is 2.56 bits per heavy atom. The van der Waals surface area contributed by atoms with Crippen molar-refractivity contribution in [1.29, 1.82) is 0 Å². The van der Waals surface area contributed by atoms with Crippen molar-refractivity contribution in [2.75, 3.05) is 0 Å². The van der Waals surface area contributed by atoms with Crippen LogP contribution >= 0.6 is 22.6 Å². The van der Waals surface area contributed by atoms with E-state index in [1.54, 1.807) is 5.57 Å². The lowest BCUT2D eigenvalue weighted by Crippen LogP contribution is -1.98. The van der Waals surface area contributed by atoms with E-state index < -0.39 is 0 Å². The Morgan fingerprint density at radius 1 is 1.78 bits per heavy atom. The van der Waals surface area contributed by atoms with Gasteiger partial charge in [0.05, 0.1) is 0 Å². The van der Waals surface area contributed by atoms with E-state index in [9.17, 15) is 0 Å². The Hall–Kier alpha value is 0.210. The van der Waals surface area contributed by atoms with Crippen LogP contribution in [0.15, 0.2) is 23.8 Å². The summed E-state index contributed by atoms with van der Waals surface area (Å²) in [7, 11) is 0. The van der Waals surface area contributed by atoms with Gasteiger partial charge in [-0.1, -0.05) is 53.3 Å². The average molecular weight is 234 g/mol. The maximum atomic E-state index is 2.47. The first-order valence-corrected chi connectivity index (χ1v) is 4.57. The molecule has 1 rings (SSSR count). The molecule has 0 aromatic carbocycles. The van der Waals surface area contributed by atoms with Gasteiger partial charge in [0.2, 0.25) is 0 Å². The second-order valence-corrected chi connectivity index (χ2v) is 3.88. The van der Waals surface area contributed by atoms with Crippen LogP contribution in [0.25, 0.3) is 0 Å². The smallest absolute Gasteiger partial charge is 0.0329 e. The SMILES string of the molecule is CCC1=CC=CC(I)C1. The minimum atomic E-state index is 0.738. The van der Waals surface area contributed by atoms with Crippen molar-refractivity contribution in [1.82, 2.24) is 0 Å². The molecule has 0 saturated carbocycles. The number of rotatable bonds is 1. The Balaban J connectivity index is 2.55. The Bertz CT molecular complexity index is 145. The van der Waals surface area contributed by atoms with E-state index >= 15 is 0 Å². The molecule has 0 aromatic heterocycles. The van der Waals surface area contributed by atoms with Gasteiger partial charge in [0.15, 0.2) is 0 Å². The van der Waals surface area contributed by atoms with Crippen LogP contribution < -0.4 is 0 Å². The zero-order valence-electron chi connectivity index (χ0n) is 5.60. The molecule has 0 aliphatic heterocycles. The molecule has 0 fully saturated rings. The van der Waals surface area contributed by atoms with E-state index in [0.29, 0.717) is 0 Å². The average Bonchev–Trinajstić information content (AvgIpc) is 1.88. The lowest BCUT2D eigenvalue weighted by molar-refractivity contribution is 0.925. The van der Waals surface area contributed by atoms with Crippen molar-refractivity contribution in [3.63, 3.8) is 0 Å². The molecular weight excluding hydrogens is 223 g/mol. The monoisotopic (exact) mass is 234 g/mol. The number of hydrogen-bond acceptors (Lipinski definition) is 0. The van der Waals surface area contributed by atoms with Gasteiger partial charge in [0.25, 0.3) is 0 Å². The largest absolute Gasteiger partial charge is 0.0777 e. The lowest BCUT2D eigenvalue weighted by atomic mass is 10.0. The summed E-state index contributed by atoms with van der Waals surface area (Å²) in [5, 5.41) is 0. The minimum Gasteiger partial charge on any atom is -0.0777 e. The number of alkyl halides is 1. The summed E-state index contributed by atoms with van der Waals surface area (Å²) in [5.41, 5.74) is 1.58. The van der Waals surface area contributed by atoms with Gasteiger partial charge in [-0.2, -0.15) is 0 Å². The van der Waals surface area contributed by atoms with E-state index in [-0.39, 0.29) is 0 Å². The molecule has 0 nitrogen and oxygen atoms in total. The lowest BCUT2D eigenvalue weighted by Gasteiger charge is -2.10. The molecule has 0 aromatic rings. The summed E-state index contributed by atoms with van der Waals surface area (Å²) < 4.78 is 0.738. The normalized spacial score (nSPS) is 26.0. The number of halogens is 1. The van der Waals surface area contributed by atoms with Crippen molar-refractivity contribution in [3.8, 4) is 0 Å². The highest BCUT2D eigenvalue weighted by atomic mass is 127. The van der Waals surface area contributed by atoms with E-state index in [4.69, 9.17) is 0 Å². The summed E-state index contributed by atoms with van der Waals surface area (Å²) in [6, 6.07) is 0. The molecule has 0 N–H and O–H groups in total. The molecule has 9 heavy (non-hydrogen) atoms. The molecule has 50 valence electrons. The van der Waals surface area contributed by atoms with Gasteiger partial charge in [-0.3, -0.25) is 0 Å². The second kappa shape index (κ2) is 3.40. The summed E-state index contributed by atoms with van der Waals surface area (Å²) in [6.07, 6.45) is 9.12. The van der Waals surface area contributed by atoms with Gasteiger partial charge in [-0.05, 0) is 12.8 Å². The van der Waals surface area contributed by atoms with Crippen LogP contribution in [-0.4, -0.2) is 3.92 Å². The van der Waals surface area contributed by atoms with Crippen LogP contribution in [0.4, 0.5) is 0 Å². The van der Waals surface area contributed by atoms with Gasteiger partial charge in [0.1, 0.15) is 0 Å². The third-order valence-electron chi connectivity index (χ3n) is 1.56. The first kappa shape index (κ1) is 7.32. The molecule has 1 atom stereocenters. The molecule has 0 saturated heterocycles. The fourth-order valence-corrected chi connectivity index (χ4v) is 1.77. The van der Waals surface area contributed by atoms with Crippen molar-refractivity contribution >= 4 is 22.6 Å². The molecule has 0 heterocycles.